The fraction of sp³-hybridized carbons (Fsp3) is 0.167. The van der Waals surface area contributed by atoms with E-state index in [1.807, 2.05) is 6.92 Å². The zero-order chi connectivity index (χ0) is 16.4. The van der Waals surface area contributed by atoms with Gasteiger partial charge < -0.3 is 4.74 Å². The van der Waals surface area contributed by atoms with Crippen LogP contribution in [0.4, 0.5) is 5.69 Å². The van der Waals surface area contributed by atoms with E-state index < -0.39 is 17.8 Å². The predicted molar refractivity (Wildman–Crippen MR) is 84.6 cm³/mol. The molecule has 0 unspecified atom stereocenters. The first kappa shape index (κ1) is 15.0. The van der Waals surface area contributed by atoms with Gasteiger partial charge in [0.1, 0.15) is 0 Å². The number of carbonyl (C=O) groups excluding carboxylic acids is 3. The summed E-state index contributed by atoms with van der Waals surface area (Å²) in [5.41, 5.74) is 0.988. The number of amides is 2. The number of rotatable bonds is 4. The van der Waals surface area contributed by atoms with Gasteiger partial charge in [0.25, 0.3) is 11.8 Å². The average Bonchev–Trinajstić information content (AvgIpc) is 2.80. The van der Waals surface area contributed by atoms with E-state index >= 15 is 0 Å². The lowest BCUT2D eigenvalue weighted by atomic mass is 10.1. The van der Waals surface area contributed by atoms with Crippen LogP contribution < -0.4 is 9.64 Å². The van der Waals surface area contributed by atoms with Crippen LogP contribution in [-0.4, -0.2) is 17.8 Å². The molecule has 5 nitrogen and oxygen atoms in total. The van der Waals surface area contributed by atoms with Crippen LogP contribution in [0.2, 0.25) is 0 Å². The van der Waals surface area contributed by atoms with Crippen molar-refractivity contribution in [1.29, 1.82) is 0 Å². The van der Waals surface area contributed by atoms with Crippen molar-refractivity contribution in [3.63, 3.8) is 0 Å². The van der Waals surface area contributed by atoms with E-state index in [9.17, 15) is 14.4 Å². The molecule has 0 N–H and O–H groups in total. The minimum absolute atomic E-state index is 0.209. The summed E-state index contributed by atoms with van der Waals surface area (Å²) in [6.45, 7) is 1.87. The van der Waals surface area contributed by atoms with Crippen molar-refractivity contribution in [2.24, 2.45) is 0 Å². The Morgan fingerprint density at radius 1 is 0.957 bits per heavy atom. The SMILES string of the molecule is CCCC(=O)Oc1ccccc1N1C(=O)c2ccccc2C1=O. The highest BCUT2D eigenvalue weighted by Crippen LogP contribution is 2.34. The van der Waals surface area contributed by atoms with E-state index in [1.54, 1.807) is 48.5 Å². The summed E-state index contributed by atoms with van der Waals surface area (Å²) in [7, 11) is 0. The standard InChI is InChI=1S/C18H15NO4/c1-2-7-16(20)23-15-11-6-5-10-14(15)19-17(21)12-8-3-4-9-13(12)18(19)22/h3-6,8-11H,2,7H2,1H3. The summed E-state index contributed by atoms with van der Waals surface area (Å²) in [6, 6.07) is 13.2. The first-order valence-corrected chi connectivity index (χ1v) is 7.41. The normalized spacial score (nSPS) is 13.2. The molecule has 1 aliphatic heterocycles. The Bertz CT molecular complexity index is 762. The molecule has 3 rings (SSSR count). The summed E-state index contributed by atoms with van der Waals surface area (Å²) >= 11 is 0. The molecule has 23 heavy (non-hydrogen) atoms. The molecule has 2 aromatic carbocycles. The Morgan fingerprint density at radius 2 is 1.52 bits per heavy atom. The number of para-hydroxylation sites is 2. The highest BCUT2D eigenvalue weighted by molar-refractivity contribution is 6.34. The fourth-order valence-corrected chi connectivity index (χ4v) is 2.51. The van der Waals surface area contributed by atoms with Gasteiger partial charge in [0.2, 0.25) is 0 Å². The largest absolute Gasteiger partial charge is 0.424 e. The fourth-order valence-electron chi connectivity index (χ4n) is 2.51. The molecule has 0 saturated heterocycles. The van der Waals surface area contributed by atoms with Crippen LogP contribution in [0.1, 0.15) is 40.5 Å². The van der Waals surface area contributed by atoms with E-state index in [-0.39, 0.29) is 17.9 Å². The highest BCUT2D eigenvalue weighted by atomic mass is 16.5. The molecule has 116 valence electrons. The van der Waals surface area contributed by atoms with Crippen molar-refractivity contribution >= 4 is 23.5 Å². The van der Waals surface area contributed by atoms with Crippen molar-refractivity contribution in [2.75, 3.05) is 4.90 Å². The lowest BCUT2D eigenvalue weighted by molar-refractivity contribution is -0.134. The van der Waals surface area contributed by atoms with Gasteiger partial charge in [0.15, 0.2) is 5.75 Å². The van der Waals surface area contributed by atoms with Crippen molar-refractivity contribution < 1.29 is 19.1 Å². The van der Waals surface area contributed by atoms with E-state index in [2.05, 4.69) is 0 Å². The first-order chi connectivity index (χ1) is 11.1. The van der Waals surface area contributed by atoms with Gasteiger partial charge in [-0.1, -0.05) is 31.2 Å². The number of carbonyl (C=O) groups is 3. The summed E-state index contributed by atoms with van der Waals surface area (Å²) < 4.78 is 5.31. The molecule has 0 saturated carbocycles. The summed E-state index contributed by atoms with van der Waals surface area (Å²) in [4.78, 5) is 37.9. The molecule has 0 aliphatic carbocycles. The van der Waals surface area contributed by atoms with Gasteiger partial charge in [-0.2, -0.15) is 0 Å². The maximum atomic E-state index is 12.5. The van der Waals surface area contributed by atoms with E-state index in [0.29, 0.717) is 17.5 Å². The van der Waals surface area contributed by atoms with E-state index in [1.165, 1.54) is 0 Å². The zero-order valence-corrected chi connectivity index (χ0v) is 12.6. The van der Waals surface area contributed by atoms with Crippen LogP contribution in [0.3, 0.4) is 0 Å². The Labute approximate surface area is 133 Å². The molecule has 2 aromatic rings. The Balaban J connectivity index is 1.99. The van der Waals surface area contributed by atoms with Crippen LogP contribution in [0.15, 0.2) is 48.5 Å². The number of hydrogen-bond donors (Lipinski definition) is 0. The third kappa shape index (κ3) is 2.61. The van der Waals surface area contributed by atoms with E-state index in [0.717, 1.165) is 4.90 Å². The number of anilines is 1. The third-order valence-electron chi connectivity index (χ3n) is 3.58. The zero-order valence-electron chi connectivity index (χ0n) is 12.6. The Morgan fingerprint density at radius 3 is 2.13 bits per heavy atom. The maximum absolute atomic E-state index is 12.5. The highest BCUT2D eigenvalue weighted by Gasteiger charge is 2.37. The van der Waals surface area contributed by atoms with Gasteiger partial charge in [-0.15, -0.1) is 0 Å². The minimum atomic E-state index is -0.412. The average molecular weight is 309 g/mol. The van der Waals surface area contributed by atoms with Crippen molar-refractivity contribution in [3.8, 4) is 5.75 Å². The number of nitrogens with zero attached hydrogens (tertiary/aromatic N) is 1. The lowest BCUT2D eigenvalue weighted by Crippen LogP contribution is -2.30. The summed E-state index contributed by atoms with van der Waals surface area (Å²) in [6.07, 6.45) is 0.935. The predicted octanol–water partition coefficient (Wildman–Crippen LogP) is 3.19. The number of esters is 1. The molecule has 0 bridgehead atoms. The quantitative estimate of drug-likeness (QED) is 0.494. The van der Waals surface area contributed by atoms with Crippen LogP contribution in [-0.2, 0) is 4.79 Å². The van der Waals surface area contributed by atoms with E-state index in [4.69, 9.17) is 4.74 Å². The van der Waals surface area contributed by atoms with Crippen LogP contribution in [0, 0.1) is 0 Å². The minimum Gasteiger partial charge on any atom is -0.424 e. The van der Waals surface area contributed by atoms with Gasteiger partial charge in [0, 0.05) is 6.42 Å². The van der Waals surface area contributed by atoms with Crippen LogP contribution >= 0.6 is 0 Å². The monoisotopic (exact) mass is 309 g/mol. The topological polar surface area (TPSA) is 63.7 Å². The molecular formula is C18H15NO4. The van der Waals surface area contributed by atoms with Crippen LogP contribution in [0.25, 0.3) is 0 Å². The van der Waals surface area contributed by atoms with Crippen molar-refractivity contribution in [3.05, 3.63) is 59.7 Å². The summed E-state index contributed by atoms with van der Waals surface area (Å²) in [5.74, 6) is -1.01. The second-order valence-corrected chi connectivity index (χ2v) is 5.18. The van der Waals surface area contributed by atoms with Gasteiger partial charge in [-0.25, -0.2) is 4.90 Å². The van der Waals surface area contributed by atoms with Crippen molar-refractivity contribution in [2.45, 2.75) is 19.8 Å². The number of fused-ring (bicyclic) bond motifs is 1. The van der Waals surface area contributed by atoms with Gasteiger partial charge in [-0.05, 0) is 30.7 Å². The second kappa shape index (κ2) is 6.04. The smallest absolute Gasteiger partial charge is 0.311 e. The molecule has 5 heteroatoms. The van der Waals surface area contributed by atoms with Gasteiger partial charge in [-0.3, -0.25) is 14.4 Å². The third-order valence-corrected chi connectivity index (χ3v) is 3.58. The second-order valence-electron chi connectivity index (χ2n) is 5.18. The molecule has 2 amide bonds. The lowest BCUT2D eigenvalue weighted by Gasteiger charge is -2.17. The molecule has 0 fully saturated rings. The Kier molecular flexibility index (Phi) is 3.93. The van der Waals surface area contributed by atoms with Gasteiger partial charge in [0.05, 0.1) is 16.8 Å². The Hall–Kier alpha value is -2.95. The molecule has 0 spiro atoms. The molecule has 1 aliphatic rings. The van der Waals surface area contributed by atoms with Gasteiger partial charge >= 0.3 is 5.97 Å². The molecule has 0 aromatic heterocycles. The number of hydrogen-bond acceptors (Lipinski definition) is 4. The number of benzene rings is 2. The molecule has 0 radical (unpaired) electrons. The summed E-state index contributed by atoms with van der Waals surface area (Å²) in [5, 5.41) is 0. The number of imide groups is 1. The first-order valence-electron chi connectivity index (χ1n) is 7.41. The molecule has 1 heterocycles. The van der Waals surface area contributed by atoms with Crippen molar-refractivity contribution in [1.82, 2.24) is 0 Å². The van der Waals surface area contributed by atoms with Crippen LogP contribution in [0.5, 0.6) is 5.75 Å². The molecule has 0 atom stereocenters. The molecular weight excluding hydrogens is 294 g/mol. The number of ether oxygens (including phenoxy) is 1. The maximum Gasteiger partial charge on any atom is 0.311 e.